The van der Waals surface area contributed by atoms with E-state index >= 15 is 0 Å². The quantitative estimate of drug-likeness (QED) is 0.0521. The molecule has 21 nitrogen and oxygen atoms in total. The van der Waals surface area contributed by atoms with Gasteiger partial charge in [0.2, 0.25) is 21.8 Å². The number of nitrogens with zero attached hydrogens (tertiary/aromatic N) is 9. The van der Waals surface area contributed by atoms with Crippen molar-refractivity contribution in [1.29, 1.82) is 0 Å². The Labute approximate surface area is 538 Å². The van der Waals surface area contributed by atoms with Crippen molar-refractivity contribution in [3.05, 3.63) is 142 Å². The predicted octanol–water partition coefficient (Wildman–Crippen LogP) is 10.3. The second-order valence-electron chi connectivity index (χ2n) is 25.0. The maximum absolute atomic E-state index is 14.5. The molecule has 3 fully saturated rings. The van der Waals surface area contributed by atoms with Gasteiger partial charge < -0.3 is 34.4 Å². The summed E-state index contributed by atoms with van der Waals surface area (Å²) in [5.74, 6) is -1.64. The molecule has 4 aliphatic rings. The molecule has 0 spiro atoms. The number of amides is 4. The van der Waals surface area contributed by atoms with Gasteiger partial charge in [-0.2, -0.15) is 5.10 Å². The van der Waals surface area contributed by atoms with Gasteiger partial charge in [-0.1, -0.05) is 93.0 Å². The van der Waals surface area contributed by atoms with Crippen LogP contribution in [0.1, 0.15) is 145 Å². The van der Waals surface area contributed by atoms with Crippen molar-refractivity contribution < 1.29 is 42.0 Å². The van der Waals surface area contributed by atoms with Crippen LogP contribution in [0.25, 0.3) is 31.8 Å². The Morgan fingerprint density at radius 1 is 0.879 bits per heavy atom. The monoisotopic (exact) mass is 1290 g/mol. The summed E-state index contributed by atoms with van der Waals surface area (Å²) in [6.45, 7) is 13.0. The van der Waals surface area contributed by atoms with Gasteiger partial charge in [0.05, 0.1) is 50.4 Å². The van der Waals surface area contributed by atoms with Crippen molar-refractivity contribution in [2.45, 2.75) is 142 Å². The molecule has 3 aliphatic heterocycles. The number of aliphatic hydroxyl groups is 1. The number of aliphatic hydroxyl groups excluding tert-OH is 1. The van der Waals surface area contributed by atoms with E-state index in [1.807, 2.05) is 123 Å². The molecule has 2 saturated heterocycles. The first-order valence-electron chi connectivity index (χ1n) is 31.7. The SMILES string of the molecule is Cc1ncsc1-c1ccc([C@H](C)NC(=O)[C@@H]2C[C@@H](O)CN2C(=O)[C@@H](c2cc(OC3CCN(CCCS(=O)(=O)NC(=O)c4nc(N5CCc6cccc(C(=O)Nc7nc8ccccc8s7)c6C5)ccc4-c4cnn(CC5CCCCC5)c4C)CC3)no2)C(C)C)cc1. The molecule has 3 aromatic carbocycles. The summed E-state index contributed by atoms with van der Waals surface area (Å²) in [5, 5.41) is 26.4. The number of carbonyl (C=O) groups is 4. The van der Waals surface area contributed by atoms with Gasteiger partial charge in [0.1, 0.15) is 29.6 Å². The van der Waals surface area contributed by atoms with Crippen LogP contribution >= 0.6 is 22.7 Å². The number of aryl methyl sites for hydroxylation is 1. The van der Waals surface area contributed by atoms with Crippen molar-refractivity contribution in [2.75, 3.05) is 48.7 Å². The highest BCUT2D eigenvalue weighted by molar-refractivity contribution is 7.90. The highest BCUT2D eigenvalue weighted by Gasteiger charge is 2.44. The molecule has 91 heavy (non-hydrogen) atoms. The first-order chi connectivity index (χ1) is 43.9. The molecular formula is C67H78N12O9S3. The van der Waals surface area contributed by atoms with Gasteiger partial charge in [-0.05, 0) is 135 Å². The molecule has 0 unspecified atom stereocenters. The van der Waals surface area contributed by atoms with Gasteiger partial charge in [-0.15, -0.1) is 11.3 Å². The van der Waals surface area contributed by atoms with Crippen molar-refractivity contribution in [1.82, 2.24) is 49.7 Å². The maximum atomic E-state index is 14.5. The molecule has 8 aromatic rings. The van der Waals surface area contributed by atoms with E-state index in [2.05, 4.69) is 35.4 Å². The lowest BCUT2D eigenvalue weighted by Gasteiger charge is -2.31. The number of sulfonamides is 1. The summed E-state index contributed by atoms with van der Waals surface area (Å²) in [4.78, 5) is 77.4. The third-order valence-electron chi connectivity index (χ3n) is 18.3. The largest absolute Gasteiger partial charge is 0.472 e. The average molecular weight is 1290 g/mol. The van der Waals surface area contributed by atoms with E-state index in [0.29, 0.717) is 91.3 Å². The van der Waals surface area contributed by atoms with E-state index in [-0.39, 0.29) is 72.5 Å². The molecule has 4 N–H and O–H groups in total. The number of pyridine rings is 1. The number of ether oxygens (including phenoxy) is 1. The van der Waals surface area contributed by atoms with Crippen molar-refractivity contribution in [2.24, 2.45) is 11.8 Å². The molecule has 1 saturated carbocycles. The number of likely N-dealkylation sites (tertiary alicyclic amines) is 2. The fourth-order valence-electron chi connectivity index (χ4n) is 13.3. The Morgan fingerprint density at radius 3 is 2.43 bits per heavy atom. The van der Waals surface area contributed by atoms with Crippen LogP contribution in [0.3, 0.4) is 0 Å². The molecule has 4 atom stereocenters. The van der Waals surface area contributed by atoms with E-state index in [4.69, 9.17) is 19.3 Å². The second kappa shape index (κ2) is 27.5. The molecule has 12 rings (SSSR count). The highest BCUT2D eigenvalue weighted by Crippen LogP contribution is 2.37. The minimum absolute atomic E-state index is 0.00442. The number of aromatic nitrogens is 6. The number of carbonyl (C=O) groups excluding carboxylic acids is 4. The number of piperidine rings is 1. The third kappa shape index (κ3) is 14.4. The van der Waals surface area contributed by atoms with Crippen LogP contribution in [-0.4, -0.2) is 134 Å². The summed E-state index contributed by atoms with van der Waals surface area (Å²) in [6, 6.07) is 25.5. The van der Waals surface area contributed by atoms with Gasteiger partial charge in [-0.25, -0.2) is 28.1 Å². The highest BCUT2D eigenvalue weighted by atomic mass is 32.2. The average Bonchev–Trinajstić information content (AvgIpc) is 1.85. The zero-order valence-corrected chi connectivity index (χ0v) is 54.4. The molecule has 8 heterocycles. The summed E-state index contributed by atoms with van der Waals surface area (Å²) < 4.78 is 45.3. The van der Waals surface area contributed by atoms with E-state index < -0.39 is 34.0 Å². The van der Waals surface area contributed by atoms with E-state index in [0.717, 1.165) is 68.1 Å². The minimum atomic E-state index is -4.14. The lowest BCUT2D eigenvalue weighted by atomic mass is 9.89. The first-order valence-corrected chi connectivity index (χ1v) is 35.0. The predicted molar refractivity (Wildman–Crippen MR) is 351 cm³/mol. The van der Waals surface area contributed by atoms with Gasteiger partial charge in [0.25, 0.3) is 17.7 Å². The van der Waals surface area contributed by atoms with E-state index in [1.165, 1.54) is 35.5 Å². The Morgan fingerprint density at radius 2 is 1.67 bits per heavy atom. The molecule has 4 amide bonds. The molecular weight excluding hydrogens is 1210 g/mol. The Hall–Kier alpha value is -7.90. The van der Waals surface area contributed by atoms with Crippen molar-refractivity contribution in [3.63, 3.8) is 0 Å². The normalized spacial score (nSPS) is 18.3. The van der Waals surface area contributed by atoms with Gasteiger partial charge in [0, 0.05) is 74.1 Å². The van der Waals surface area contributed by atoms with Crippen LogP contribution < -0.4 is 25.0 Å². The molecule has 0 radical (unpaired) electrons. The number of anilines is 2. The summed E-state index contributed by atoms with van der Waals surface area (Å²) in [7, 11) is -4.14. The van der Waals surface area contributed by atoms with Crippen LogP contribution in [0.4, 0.5) is 10.9 Å². The standard InChI is InChI=1S/C67H78N12O9S3/c1-40(2)60(66(84)78-37-48(80)33-55(78)64(82)70-41(3)45-19-21-47(22-20-45)62-42(4)68-39-89-62)56-34-59(74-88-56)87-49-26-29-76(30-27-49)28-12-32-91(85,86)75-65(83)61-50(52-35-69-79(43(52)5)36-44-13-7-6-8-14-44)23-24-58(72-61)77-31-25-46-15-11-16-51(53(46)38-77)63(81)73-67-71-54-17-9-10-18-57(54)90-67/h9-11,15-24,34-35,39-41,44,48-49,55,60,80H,6-8,12-14,25-33,36-38H2,1-5H3,(H,70,82)(H,75,83)(H,71,73,81)/t41-,48+,55-,60+/m0/s1. The maximum Gasteiger partial charge on any atom is 0.284 e. The summed E-state index contributed by atoms with van der Waals surface area (Å²) >= 11 is 2.98. The van der Waals surface area contributed by atoms with Crippen LogP contribution in [0.5, 0.6) is 5.88 Å². The number of hydrogen-bond acceptors (Lipinski definition) is 18. The topological polar surface area (TPSA) is 260 Å². The lowest BCUT2D eigenvalue weighted by molar-refractivity contribution is -0.141. The number of fused-ring (bicyclic) bond motifs is 2. The Kier molecular flexibility index (Phi) is 19.1. The fraction of sp³-hybridized carbons (Fsp3) is 0.448. The molecule has 0 bridgehead atoms. The van der Waals surface area contributed by atoms with Crippen molar-refractivity contribution in [3.8, 4) is 27.4 Å². The van der Waals surface area contributed by atoms with Crippen LogP contribution in [-0.2, 0) is 39.1 Å². The first kappa shape index (κ1) is 63.3. The zero-order valence-electron chi connectivity index (χ0n) is 52.0. The molecule has 24 heteroatoms. The number of β-amino-alcohol motifs (C(OH)–C–C–N with tert-alkyl or cyclic N) is 1. The van der Waals surface area contributed by atoms with Crippen LogP contribution in [0.2, 0.25) is 0 Å². The lowest BCUT2D eigenvalue weighted by Crippen LogP contribution is -2.48. The molecule has 5 aromatic heterocycles. The fourth-order valence-corrected chi connectivity index (χ4v) is 16.0. The molecule has 478 valence electrons. The van der Waals surface area contributed by atoms with E-state index in [9.17, 15) is 32.7 Å². The minimum Gasteiger partial charge on any atom is -0.472 e. The third-order valence-corrected chi connectivity index (χ3v) is 21.6. The Balaban J connectivity index is 0.657. The number of para-hydroxylation sites is 1. The summed E-state index contributed by atoms with van der Waals surface area (Å²) in [6.07, 6.45) is 8.76. The number of nitrogens with one attached hydrogen (secondary N) is 3. The van der Waals surface area contributed by atoms with Crippen LogP contribution in [0, 0.1) is 25.7 Å². The number of rotatable bonds is 21. The van der Waals surface area contributed by atoms with Gasteiger partial charge in [-0.3, -0.25) is 29.2 Å². The number of benzene rings is 3. The second-order valence-corrected chi connectivity index (χ2v) is 28.7. The summed E-state index contributed by atoms with van der Waals surface area (Å²) in [5.41, 5.74) is 9.92. The van der Waals surface area contributed by atoms with Crippen LogP contribution in [0.15, 0.2) is 101 Å². The van der Waals surface area contributed by atoms with Gasteiger partial charge >= 0.3 is 0 Å². The number of hydrogen-bond donors (Lipinski definition) is 4. The molecule has 1 aliphatic carbocycles. The Bertz CT molecular complexity index is 4020. The van der Waals surface area contributed by atoms with Crippen molar-refractivity contribution >= 4 is 77.5 Å². The number of thiazole rings is 2. The smallest absolute Gasteiger partial charge is 0.284 e. The van der Waals surface area contributed by atoms with Gasteiger partial charge in [0.15, 0.2) is 10.9 Å². The zero-order chi connectivity index (χ0) is 63.5. The van der Waals surface area contributed by atoms with E-state index in [1.54, 1.807) is 29.7 Å².